The summed E-state index contributed by atoms with van der Waals surface area (Å²) in [5, 5.41) is 18.2. The van der Waals surface area contributed by atoms with Crippen LogP contribution in [0.4, 0.5) is 0 Å². The van der Waals surface area contributed by atoms with E-state index < -0.39 is 6.23 Å². The van der Waals surface area contributed by atoms with E-state index in [4.69, 9.17) is 15.2 Å². The van der Waals surface area contributed by atoms with Crippen molar-refractivity contribution in [3.8, 4) is 0 Å². The highest BCUT2D eigenvalue weighted by atomic mass is 32.2. The van der Waals surface area contributed by atoms with Crippen LogP contribution < -0.4 is 16.4 Å². The van der Waals surface area contributed by atoms with Crippen molar-refractivity contribution in [2.75, 3.05) is 33.0 Å². The van der Waals surface area contributed by atoms with Gasteiger partial charge < -0.3 is 20.3 Å². The summed E-state index contributed by atoms with van der Waals surface area (Å²) in [7, 11) is 0. The van der Waals surface area contributed by atoms with E-state index in [2.05, 4.69) is 27.3 Å². The minimum absolute atomic E-state index is 0.129. The molecule has 0 radical (unpaired) electrons. The first kappa shape index (κ1) is 20.9. The van der Waals surface area contributed by atoms with E-state index in [-0.39, 0.29) is 6.23 Å². The molecule has 5 N–H and O–H groups in total. The number of rotatable bonds is 5. The molecule has 5 fully saturated rings. The Hall–Kier alpha value is 0.0700. The number of morpholine rings is 1. The molecule has 5 aliphatic rings. The molecule has 2 saturated carbocycles. The Morgan fingerprint density at radius 2 is 1.86 bits per heavy atom. The smallest absolute Gasteiger partial charge is 0.114 e. The predicted octanol–water partition coefficient (Wildman–Crippen LogP) is 0.874. The van der Waals surface area contributed by atoms with Gasteiger partial charge in [0.25, 0.3) is 0 Å². The average Bonchev–Trinajstić information content (AvgIpc) is 3.29. The molecule has 5 rings (SSSR count). The van der Waals surface area contributed by atoms with Crippen LogP contribution >= 0.6 is 11.8 Å². The number of ether oxygens (including phenoxy) is 2. The quantitative estimate of drug-likeness (QED) is 0.482. The molecule has 0 aromatic carbocycles. The highest BCUT2D eigenvalue weighted by Gasteiger charge is 2.55. The zero-order valence-electron chi connectivity index (χ0n) is 17.4. The largest absolute Gasteiger partial charge is 0.379 e. The SMILES string of the molecule is NC(O)C[C@H]1CC[C@@H]2SC3NCNC(OC4CCC(N5CCOCC5)CC4)C3C12. The molecule has 2 aliphatic carbocycles. The summed E-state index contributed by atoms with van der Waals surface area (Å²) in [5.74, 6) is 1.59. The van der Waals surface area contributed by atoms with Gasteiger partial charge in [0.05, 0.1) is 24.7 Å². The molecule has 0 amide bonds. The molecule has 8 heteroatoms. The number of thioether (sulfide) groups is 1. The van der Waals surface area contributed by atoms with Gasteiger partial charge in [-0.05, 0) is 56.8 Å². The predicted molar refractivity (Wildman–Crippen MR) is 114 cm³/mol. The number of hydrogen-bond donors (Lipinski definition) is 4. The van der Waals surface area contributed by atoms with Crippen molar-refractivity contribution in [1.29, 1.82) is 0 Å². The molecule has 0 spiro atoms. The molecule has 3 aliphatic heterocycles. The molecule has 29 heavy (non-hydrogen) atoms. The third kappa shape index (κ3) is 4.51. The number of nitrogens with one attached hydrogen (secondary N) is 2. The molecular formula is C21H38N4O3S. The summed E-state index contributed by atoms with van der Waals surface area (Å²) in [4.78, 5) is 2.62. The lowest BCUT2D eigenvalue weighted by Gasteiger charge is -2.43. The topological polar surface area (TPSA) is 92.0 Å². The van der Waals surface area contributed by atoms with E-state index in [1.807, 2.05) is 0 Å². The summed E-state index contributed by atoms with van der Waals surface area (Å²) in [6.07, 6.45) is 7.78. The van der Waals surface area contributed by atoms with Crippen molar-refractivity contribution in [1.82, 2.24) is 15.5 Å². The lowest BCUT2D eigenvalue weighted by molar-refractivity contribution is -0.108. The normalized spacial score (nSPS) is 47.0. The van der Waals surface area contributed by atoms with Gasteiger partial charge in [0.2, 0.25) is 0 Å². The zero-order chi connectivity index (χ0) is 19.8. The lowest BCUT2D eigenvalue weighted by atomic mass is 9.80. The van der Waals surface area contributed by atoms with Gasteiger partial charge in [-0.3, -0.25) is 15.5 Å². The number of aliphatic hydroxyl groups excluding tert-OH is 1. The summed E-state index contributed by atoms with van der Waals surface area (Å²) in [6.45, 7) is 4.77. The van der Waals surface area contributed by atoms with Crippen molar-refractivity contribution in [2.45, 2.75) is 80.2 Å². The maximum absolute atomic E-state index is 9.78. The van der Waals surface area contributed by atoms with E-state index in [9.17, 15) is 5.11 Å². The van der Waals surface area contributed by atoms with Gasteiger partial charge in [0.1, 0.15) is 12.5 Å². The van der Waals surface area contributed by atoms with Gasteiger partial charge in [-0.25, -0.2) is 0 Å². The second kappa shape index (κ2) is 9.28. The first-order valence-corrected chi connectivity index (χ1v) is 12.7. The Morgan fingerprint density at radius 1 is 1.07 bits per heavy atom. The van der Waals surface area contributed by atoms with Crippen molar-refractivity contribution in [3.05, 3.63) is 0 Å². The summed E-state index contributed by atoms with van der Waals surface area (Å²) < 4.78 is 12.3. The Bertz CT molecular complexity index is 542. The van der Waals surface area contributed by atoms with Crippen LogP contribution in [0, 0.1) is 17.8 Å². The minimum atomic E-state index is -0.692. The minimum Gasteiger partial charge on any atom is -0.379 e. The fourth-order valence-electron chi connectivity index (χ4n) is 6.63. The van der Waals surface area contributed by atoms with Gasteiger partial charge in [-0.1, -0.05) is 0 Å². The summed E-state index contributed by atoms with van der Waals surface area (Å²) >= 11 is 2.11. The molecule has 0 aromatic rings. The second-order valence-corrected chi connectivity index (χ2v) is 11.0. The summed E-state index contributed by atoms with van der Waals surface area (Å²) in [6, 6.07) is 0.712. The van der Waals surface area contributed by atoms with Crippen LogP contribution in [0.1, 0.15) is 44.9 Å². The van der Waals surface area contributed by atoms with Gasteiger partial charge in [-0.2, -0.15) is 0 Å². The molecule has 3 saturated heterocycles. The monoisotopic (exact) mass is 426 g/mol. The Morgan fingerprint density at radius 3 is 2.62 bits per heavy atom. The van der Waals surface area contributed by atoms with Crippen LogP contribution in [0.15, 0.2) is 0 Å². The van der Waals surface area contributed by atoms with E-state index in [0.29, 0.717) is 40.5 Å². The van der Waals surface area contributed by atoms with Crippen molar-refractivity contribution in [2.24, 2.45) is 23.5 Å². The van der Waals surface area contributed by atoms with Crippen molar-refractivity contribution in [3.63, 3.8) is 0 Å². The van der Waals surface area contributed by atoms with E-state index in [0.717, 1.165) is 52.2 Å². The third-order valence-electron chi connectivity index (χ3n) is 7.96. The van der Waals surface area contributed by atoms with Crippen molar-refractivity contribution >= 4 is 11.8 Å². The molecule has 0 aromatic heterocycles. The van der Waals surface area contributed by atoms with E-state index in [1.165, 1.54) is 25.7 Å². The molecule has 166 valence electrons. The fraction of sp³-hybridized carbons (Fsp3) is 1.00. The third-order valence-corrected chi connectivity index (χ3v) is 9.63. The number of fused-ring (bicyclic) bond motifs is 3. The number of nitrogens with two attached hydrogens (primary N) is 1. The van der Waals surface area contributed by atoms with Crippen LogP contribution in [0.5, 0.6) is 0 Å². The first-order valence-electron chi connectivity index (χ1n) is 11.7. The number of aliphatic hydroxyl groups is 1. The number of hydrogen-bond acceptors (Lipinski definition) is 8. The van der Waals surface area contributed by atoms with Gasteiger partial charge in [0.15, 0.2) is 0 Å². The molecular weight excluding hydrogens is 388 g/mol. The lowest BCUT2D eigenvalue weighted by Crippen LogP contribution is -2.58. The highest BCUT2D eigenvalue weighted by molar-refractivity contribution is 8.00. The Balaban J connectivity index is 1.19. The highest BCUT2D eigenvalue weighted by Crippen LogP contribution is 2.56. The zero-order valence-corrected chi connectivity index (χ0v) is 18.2. The van der Waals surface area contributed by atoms with Gasteiger partial charge in [-0.15, -0.1) is 11.8 Å². The number of nitrogens with zero attached hydrogens (tertiary/aromatic N) is 1. The molecule has 7 nitrogen and oxygen atoms in total. The molecule has 7 atom stereocenters. The van der Waals surface area contributed by atoms with Crippen LogP contribution in [-0.4, -0.2) is 78.2 Å². The van der Waals surface area contributed by atoms with Crippen LogP contribution in [0.25, 0.3) is 0 Å². The first-order chi connectivity index (χ1) is 14.2. The van der Waals surface area contributed by atoms with Crippen molar-refractivity contribution < 1.29 is 14.6 Å². The Kier molecular flexibility index (Phi) is 6.70. The average molecular weight is 427 g/mol. The van der Waals surface area contributed by atoms with E-state index in [1.54, 1.807) is 0 Å². The molecule has 5 unspecified atom stereocenters. The van der Waals surface area contributed by atoms with Crippen LogP contribution in [-0.2, 0) is 9.47 Å². The van der Waals surface area contributed by atoms with Gasteiger partial charge >= 0.3 is 0 Å². The van der Waals surface area contributed by atoms with Gasteiger partial charge in [0, 0.05) is 37.0 Å². The molecule has 0 bridgehead atoms. The van der Waals surface area contributed by atoms with Crippen LogP contribution in [0.3, 0.4) is 0 Å². The fourth-order valence-corrected chi connectivity index (χ4v) is 8.55. The maximum atomic E-state index is 9.78. The second-order valence-electron chi connectivity index (χ2n) is 9.61. The maximum Gasteiger partial charge on any atom is 0.114 e. The Labute approximate surface area is 178 Å². The standard InChI is InChI=1S/C21H38N4O3S/c22-17(26)11-13-1-6-16-18(13)19-20(23-12-24-21(19)29-16)28-15-4-2-14(3-5-15)25-7-9-27-10-8-25/h13-21,23-24,26H,1-12,22H2/t13-,14?,15?,16+,17?,18?,19?,20?,21?/m1/s1. The van der Waals surface area contributed by atoms with E-state index >= 15 is 0 Å². The van der Waals surface area contributed by atoms with Crippen LogP contribution in [0.2, 0.25) is 0 Å². The summed E-state index contributed by atoms with van der Waals surface area (Å²) in [5.41, 5.74) is 5.76. The molecule has 3 heterocycles.